The summed E-state index contributed by atoms with van der Waals surface area (Å²) in [4.78, 5) is 49.4. The molecule has 0 fully saturated rings. The minimum Gasteiger partial charge on any atom is -0.477 e. The fraction of sp³-hybridized carbons (Fsp3) is 0.214. The first kappa shape index (κ1) is 18.8. The zero-order chi connectivity index (χ0) is 18.7. The Morgan fingerprint density at radius 2 is 1.46 bits per heavy atom. The zero-order valence-electron chi connectivity index (χ0n) is 12.4. The first-order valence-corrected chi connectivity index (χ1v) is 6.48. The number of carboxylic acids is 4. The summed E-state index contributed by atoms with van der Waals surface area (Å²) in [6, 6.07) is -1.94. The Bertz CT molecular complexity index is 694. The van der Waals surface area contributed by atoms with Crippen molar-refractivity contribution < 1.29 is 44.1 Å². The summed E-state index contributed by atoms with van der Waals surface area (Å²) in [6.45, 7) is 6.13. The average Bonchev–Trinajstić information content (AvgIpc) is 2.45. The molecule has 24 heavy (non-hydrogen) atoms. The standard InChI is InChI=1S/C14H14N2O8/c1-3-5-16(6-4-2)9(13(21)22)7(11(17)18)15-8(12(19)20)10(16)14(23)24/h3-4,9H,1-2,5-6H2,(H3-,17,18,19,20,21,22,23,24)/p+1. The van der Waals surface area contributed by atoms with Crippen LogP contribution in [0.4, 0.5) is 0 Å². The number of quaternary nitrogens is 1. The van der Waals surface area contributed by atoms with Crippen LogP contribution in [0.15, 0.2) is 41.7 Å². The molecule has 4 N–H and O–H groups in total. The molecule has 1 aliphatic heterocycles. The van der Waals surface area contributed by atoms with Crippen LogP contribution in [0.1, 0.15) is 0 Å². The highest BCUT2D eigenvalue weighted by atomic mass is 16.4. The third-order valence-electron chi connectivity index (χ3n) is 3.42. The number of rotatable bonds is 8. The Labute approximate surface area is 135 Å². The third-order valence-corrected chi connectivity index (χ3v) is 3.42. The monoisotopic (exact) mass is 339 g/mol. The van der Waals surface area contributed by atoms with E-state index >= 15 is 0 Å². The number of aliphatic imine (C=N–C) groups is 1. The quantitative estimate of drug-likeness (QED) is 0.341. The molecule has 0 aromatic carbocycles. The molecule has 0 amide bonds. The highest BCUT2D eigenvalue weighted by molar-refractivity contribution is 6.42. The molecule has 0 saturated carbocycles. The van der Waals surface area contributed by atoms with Crippen LogP contribution in [0.2, 0.25) is 0 Å². The van der Waals surface area contributed by atoms with E-state index in [-0.39, 0.29) is 13.1 Å². The molecule has 0 spiro atoms. The Balaban J connectivity index is 4.01. The summed E-state index contributed by atoms with van der Waals surface area (Å²) in [5.74, 6) is -6.94. The van der Waals surface area contributed by atoms with Gasteiger partial charge in [-0.2, -0.15) is 0 Å². The Morgan fingerprint density at radius 1 is 0.958 bits per heavy atom. The van der Waals surface area contributed by atoms with Gasteiger partial charge in [0, 0.05) is 0 Å². The van der Waals surface area contributed by atoms with Gasteiger partial charge in [-0.15, -0.1) is 0 Å². The number of hydrogen-bond acceptors (Lipinski definition) is 5. The molecule has 1 aliphatic rings. The van der Waals surface area contributed by atoms with Crippen molar-refractivity contribution in [2.75, 3.05) is 13.1 Å². The van der Waals surface area contributed by atoms with E-state index < -0.39 is 51.5 Å². The lowest BCUT2D eigenvalue weighted by atomic mass is 9.99. The molecule has 10 heteroatoms. The molecule has 1 rings (SSSR count). The van der Waals surface area contributed by atoms with E-state index in [0.717, 1.165) is 0 Å². The maximum atomic E-state index is 11.7. The summed E-state index contributed by atoms with van der Waals surface area (Å²) in [7, 11) is 0. The van der Waals surface area contributed by atoms with E-state index in [1.165, 1.54) is 12.2 Å². The second-order valence-electron chi connectivity index (χ2n) is 4.83. The van der Waals surface area contributed by atoms with Gasteiger partial charge < -0.3 is 20.4 Å². The van der Waals surface area contributed by atoms with Crippen molar-refractivity contribution in [3.8, 4) is 0 Å². The number of hydrogen-bond donors (Lipinski definition) is 4. The van der Waals surface area contributed by atoms with E-state index in [9.17, 15) is 39.6 Å². The van der Waals surface area contributed by atoms with Gasteiger partial charge in [0.1, 0.15) is 13.1 Å². The van der Waals surface area contributed by atoms with Gasteiger partial charge in [0.2, 0.25) is 11.7 Å². The van der Waals surface area contributed by atoms with Gasteiger partial charge in [-0.1, -0.05) is 13.2 Å². The van der Waals surface area contributed by atoms with Crippen LogP contribution in [0.3, 0.4) is 0 Å². The molecular formula is C14H15N2O8+. The normalized spacial score (nSPS) is 19.2. The smallest absolute Gasteiger partial charge is 0.393 e. The Morgan fingerprint density at radius 3 is 1.75 bits per heavy atom. The van der Waals surface area contributed by atoms with E-state index in [1.807, 2.05) is 0 Å². The molecule has 1 unspecified atom stereocenters. The topological polar surface area (TPSA) is 162 Å². The summed E-state index contributed by atoms with van der Waals surface area (Å²) < 4.78 is -1.04. The molecule has 0 saturated heterocycles. The van der Waals surface area contributed by atoms with Crippen molar-refractivity contribution in [1.82, 2.24) is 0 Å². The minimum absolute atomic E-state index is 0.353. The fourth-order valence-corrected chi connectivity index (χ4v) is 2.67. The largest absolute Gasteiger partial charge is 0.477 e. The zero-order valence-corrected chi connectivity index (χ0v) is 12.4. The predicted molar refractivity (Wildman–Crippen MR) is 79.2 cm³/mol. The second kappa shape index (κ2) is 6.87. The summed E-state index contributed by atoms with van der Waals surface area (Å²) in [5, 5.41) is 37.4. The Hall–Kier alpha value is -3.27. The van der Waals surface area contributed by atoms with Crippen molar-refractivity contribution in [2.24, 2.45) is 4.99 Å². The number of carboxylic acid groups (broad SMARTS) is 4. The Kier molecular flexibility index (Phi) is 5.38. The molecule has 0 radical (unpaired) electrons. The van der Waals surface area contributed by atoms with Crippen molar-refractivity contribution in [3.05, 3.63) is 36.7 Å². The van der Waals surface area contributed by atoms with Crippen LogP contribution in [0.25, 0.3) is 0 Å². The molecule has 10 nitrogen and oxygen atoms in total. The van der Waals surface area contributed by atoms with E-state index in [4.69, 9.17) is 0 Å². The van der Waals surface area contributed by atoms with Crippen LogP contribution >= 0.6 is 0 Å². The SMILES string of the molecule is C=CC[N+]1(CC=C)C(C(=O)O)=C(C(=O)O)N=C(C(=O)O)C1C(=O)O. The molecule has 0 aromatic rings. The second-order valence-corrected chi connectivity index (χ2v) is 4.83. The molecular weight excluding hydrogens is 324 g/mol. The lowest BCUT2D eigenvalue weighted by molar-refractivity contribution is -0.884. The highest BCUT2D eigenvalue weighted by Crippen LogP contribution is 2.32. The van der Waals surface area contributed by atoms with Crippen LogP contribution in [-0.2, 0) is 19.2 Å². The van der Waals surface area contributed by atoms with Crippen molar-refractivity contribution in [2.45, 2.75) is 6.04 Å². The van der Waals surface area contributed by atoms with Gasteiger partial charge in [-0.25, -0.2) is 24.2 Å². The van der Waals surface area contributed by atoms with E-state index in [2.05, 4.69) is 18.2 Å². The van der Waals surface area contributed by atoms with Gasteiger partial charge in [0.25, 0.3) is 5.70 Å². The molecule has 1 atom stereocenters. The lowest BCUT2D eigenvalue weighted by Crippen LogP contribution is -2.65. The van der Waals surface area contributed by atoms with Crippen molar-refractivity contribution in [1.29, 1.82) is 0 Å². The molecule has 0 aromatic heterocycles. The van der Waals surface area contributed by atoms with Gasteiger partial charge >= 0.3 is 23.9 Å². The van der Waals surface area contributed by atoms with Crippen LogP contribution < -0.4 is 0 Å². The predicted octanol–water partition coefficient (Wildman–Crippen LogP) is -0.452. The number of nitrogens with zero attached hydrogens (tertiary/aromatic N) is 2. The molecule has 128 valence electrons. The maximum Gasteiger partial charge on any atom is 0.393 e. The van der Waals surface area contributed by atoms with Gasteiger partial charge in [-0.05, 0) is 12.2 Å². The number of aliphatic carboxylic acids is 4. The van der Waals surface area contributed by atoms with Crippen LogP contribution in [-0.4, -0.2) is 73.6 Å². The van der Waals surface area contributed by atoms with Crippen LogP contribution in [0.5, 0.6) is 0 Å². The van der Waals surface area contributed by atoms with Crippen molar-refractivity contribution >= 4 is 29.6 Å². The lowest BCUT2D eigenvalue weighted by Gasteiger charge is -2.42. The van der Waals surface area contributed by atoms with E-state index in [0.29, 0.717) is 0 Å². The van der Waals surface area contributed by atoms with Gasteiger partial charge in [-0.3, -0.25) is 4.48 Å². The summed E-state index contributed by atoms with van der Waals surface area (Å²) in [5.41, 5.74) is -2.87. The number of carbonyl (C=O) groups is 4. The first-order valence-electron chi connectivity index (χ1n) is 6.48. The maximum absolute atomic E-state index is 11.7. The van der Waals surface area contributed by atoms with Crippen molar-refractivity contribution in [3.63, 3.8) is 0 Å². The minimum atomic E-state index is -1.94. The molecule has 0 bridgehead atoms. The van der Waals surface area contributed by atoms with Gasteiger partial charge in [0.05, 0.1) is 0 Å². The molecule has 0 aliphatic carbocycles. The fourth-order valence-electron chi connectivity index (χ4n) is 2.67. The first-order chi connectivity index (χ1) is 11.1. The molecule has 1 heterocycles. The third kappa shape index (κ3) is 2.94. The summed E-state index contributed by atoms with van der Waals surface area (Å²) >= 11 is 0. The summed E-state index contributed by atoms with van der Waals surface area (Å²) in [6.07, 6.45) is 2.35. The average molecular weight is 339 g/mol. The highest BCUT2D eigenvalue weighted by Gasteiger charge is 2.56. The van der Waals surface area contributed by atoms with Crippen LogP contribution in [0, 0.1) is 0 Å². The van der Waals surface area contributed by atoms with Gasteiger partial charge in [0.15, 0.2) is 5.71 Å². The van der Waals surface area contributed by atoms with E-state index in [1.54, 1.807) is 0 Å².